The van der Waals surface area contributed by atoms with Crippen molar-refractivity contribution in [3.05, 3.63) is 24.5 Å². The Bertz CT molecular complexity index is 810. The van der Waals surface area contributed by atoms with E-state index in [1.54, 1.807) is 36.4 Å². The Morgan fingerprint density at radius 1 is 1.03 bits per heavy atom. The molecule has 0 saturated heterocycles. The quantitative estimate of drug-likeness (QED) is 0.707. The largest absolute Gasteiger partial charge is 0.469 e. The molecule has 4 fully saturated rings. The minimum Gasteiger partial charge on any atom is -0.469 e. The average Bonchev–Trinajstić information content (AvgIpc) is 2.72. The van der Waals surface area contributed by atoms with Crippen molar-refractivity contribution in [2.24, 2.45) is 22.7 Å². The molecular formula is C22H28N2O5. The average molecular weight is 400 g/mol. The predicted octanol–water partition coefficient (Wildman–Crippen LogP) is 2.74. The van der Waals surface area contributed by atoms with Gasteiger partial charge in [-0.1, -0.05) is 0 Å². The highest BCUT2D eigenvalue weighted by atomic mass is 16.5. The van der Waals surface area contributed by atoms with Crippen LogP contribution in [0.15, 0.2) is 24.5 Å². The van der Waals surface area contributed by atoms with Gasteiger partial charge in [0.15, 0.2) is 0 Å². The van der Waals surface area contributed by atoms with Crippen LogP contribution in [0.2, 0.25) is 0 Å². The first-order valence-electron chi connectivity index (χ1n) is 10.2. The van der Waals surface area contributed by atoms with E-state index in [2.05, 4.69) is 4.98 Å². The summed E-state index contributed by atoms with van der Waals surface area (Å²) in [5.74, 6) is -0.0779. The van der Waals surface area contributed by atoms with Crippen LogP contribution in [-0.4, -0.2) is 43.1 Å². The predicted molar refractivity (Wildman–Crippen MR) is 105 cm³/mol. The summed E-state index contributed by atoms with van der Waals surface area (Å²) in [5.41, 5.74) is -0.609. The van der Waals surface area contributed by atoms with Crippen molar-refractivity contribution >= 4 is 23.5 Å². The smallest absolute Gasteiger partial charge is 0.328 e. The first kappa shape index (κ1) is 19.9. The van der Waals surface area contributed by atoms with Gasteiger partial charge in [-0.25, -0.2) is 4.79 Å². The number of aromatic nitrogens is 1. The summed E-state index contributed by atoms with van der Waals surface area (Å²) >= 11 is 0. The summed E-state index contributed by atoms with van der Waals surface area (Å²) in [5, 5.41) is 0. The van der Waals surface area contributed by atoms with Gasteiger partial charge in [-0.05, 0) is 69.4 Å². The Morgan fingerprint density at radius 2 is 1.62 bits per heavy atom. The molecule has 1 amide bonds. The molecule has 29 heavy (non-hydrogen) atoms. The molecular weight excluding hydrogens is 372 g/mol. The second-order valence-corrected chi connectivity index (χ2v) is 9.09. The minimum atomic E-state index is -0.767. The van der Waals surface area contributed by atoms with E-state index < -0.39 is 22.8 Å². The molecule has 1 aromatic rings. The van der Waals surface area contributed by atoms with Crippen LogP contribution >= 0.6 is 0 Å². The Kier molecular flexibility index (Phi) is 4.87. The van der Waals surface area contributed by atoms with E-state index in [9.17, 15) is 14.4 Å². The number of pyridine rings is 1. The number of amides is 1. The van der Waals surface area contributed by atoms with Crippen LogP contribution in [0.1, 0.15) is 45.4 Å². The summed E-state index contributed by atoms with van der Waals surface area (Å²) in [7, 11) is 2.75. The van der Waals surface area contributed by atoms with E-state index in [-0.39, 0.29) is 11.9 Å². The van der Waals surface area contributed by atoms with Gasteiger partial charge in [0, 0.05) is 18.1 Å². The van der Waals surface area contributed by atoms with E-state index in [1.807, 2.05) is 0 Å². The number of anilines is 1. The van der Waals surface area contributed by atoms with Gasteiger partial charge >= 0.3 is 11.9 Å². The van der Waals surface area contributed by atoms with Gasteiger partial charge in [-0.3, -0.25) is 19.5 Å². The van der Waals surface area contributed by atoms with Crippen LogP contribution in [0.3, 0.4) is 0 Å². The fourth-order valence-electron chi connectivity index (χ4n) is 6.52. The van der Waals surface area contributed by atoms with E-state index in [1.165, 1.54) is 14.2 Å². The first-order chi connectivity index (χ1) is 13.8. The van der Waals surface area contributed by atoms with Crippen LogP contribution in [0, 0.1) is 22.7 Å². The molecule has 2 unspecified atom stereocenters. The zero-order chi connectivity index (χ0) is 20.8. The van der Waals surface area contributed by atoms with Crippen molar-refractivity contribution in [3.8, 4) is 0 Å². The van der Waals surface area contributed by atoms with Gasteiger partial charge in [0.25, 0.3) is 0 Å². The number of carbonyl (C=O) groups is 3. The van der Waals surface area contributed by atoms with Gasteiger partial charge in [0.05, 0.1) is 25.0 Å². The SMILES string of the molecule is COC(=O)[C@H](C)N(C(=O)C12CC3CC(CC(C(=O)OC)(C3)C1)C2)c1ccncc1. The third-order valence-electron chi connectivity index (χ3n) is 7.22. The third-order valence-corrected chi connectivity index (χ3v) is 7.22. The molecule has 0 aliphatic heterocycles. The molecule has 4 aliphatic rings. The number of hydrogen-bond acceptors (Lipinski definition) is 6. The molecule has 0 aromatic carbocycles. The van der Waals surface area contributed by atoms with Gasteiger partial charge in [-0.2, -0.15) is 0 Å². The second kappa shape index (κ2) is 7.11. The Hall–Kier alpha value is -2.44. The second-order valence-electron chi connectivity index (χ2n) is 9.09. The summed E-state index contributed by atoms with van der Waals surface area (Å²) < 4.78 is 10.1. The first-order valence-corrected chi connectivity index (χ1v) is 10.2. The highest BCUT2D eigenvalue weighted by molar-refractivity contribution is 6.03. The maximum Gasteiger partial charge on any atom is 0.328 e. The number of methoxy groups -OCH3 is 2. The standard InChI is InChI=1S/C22H28N2O5/c1-14(18(25)28-2)24(17-4-6-23-7-5-17)19(26)21-9-15-8-16(10-21)12-22(11-15,13-21)20(27)29-3/h4-7,14-16H,8-13H2,1-3H3/t14-,15?,16?,21?,22?/m0/s1. The summed E-state index contributed by atoms with van der Waals surface area (Å²) in [6.07, 6.45) is 7.89. The lowest BCUT2D eigenvalue weighted by molar-refractivity contribution is -0.181. The molecule has 0 radical (unpaired) electrons. The molecule has 4 bridgehead atoms. The lowest BCUT2D eigenvalue weighted by atomic mass is 9.44. The zero-order valence-electron chi connectivity index (χ0n) is 17.2. The van der Waals surface area contributed by atoms with Crippen molar-refractivity contribution < 1.29 is 23.9 Å². The Labute approximate surface area is 170 Å². The summed E-state index contributed by atoms with van der Waals surface area (Å²) in [6, 6.07) is 2.69. The van der Waals surface area contributed by atoms with Crippen LogP contribution in [0.4, 0.5) is 5.69 Å². The van der Waals surface area contributed by atoms with Crippen molar-refractivity contribution in [1.82, 2.24) is 4.98 Å². The fourth-order valence-corrected chi connectivity index (χ4v) is 6.52. The lowest BCUT2D eigenvalue weighted by Gasteiger charge is -2.60. The Morgan fingerprint density at radius 3 is 2.17 bits per heavy atom. The zero-order valence-corrected chi connectivity index (χ0v) is 17.2. The van der Waals surface area contributed by atoms with Crippen molar-refractivity contribution in [2.45, 2.75) is 51.5 Å². The van der Waals surface area contributed by atoms with Gasteiger partial charge in [0.1, 0.15) is 6.04 Å². The van der Waals surface area contributed by atoms with Crippen LogP contribution in [0.25, 0.3) is 0 Å². The molecule has 1 aromatic heterocycles. The number of rotatable bonds is 5. The summed E-state index contributed by atoms with van der Waals surface area (Å²) in [4.78, 5) is 44.7. The van der Waals surface area contributed by atoms with Gasteiger partial charge in [0.2, 0.25) is 5.91 Å². The van der Waals surface area contributed by atoms with E-state index in [4.69, 9.17) is 9.47 Å². The molecule has 1 heterocycles. The Balaban J connectivity index is 1.74. The minimum absolute atomic E-state index is 0.0935. The molecule has 5 rings (SSSR count). The maximum absolute atomic E-state index is 14.1. The van der Waals surface area contributed by atoms with E-state index in [0.29, 0.717) is 23.9 Å². The number of hydrogen-bond donors (Lipinski definition) is 0. The molecule has 7 nitrogen and oxygen atoms in total. The van der Waals surface area contributed by atoms with E-state index >= 15 is 0 Å². The van der Waals surface area contributed by atoms with Crippen LogP contribution < -0.4 is 4.90 Å². The molecule has 4 aliphatic carbocycles. The van der Waals surface area contributed by atoms with Gasteiger partial charge < -0.3 is 9.47 Å². The molecule has 0 spiro atoms. The number of carbonyl (C=O) groups excluding carboxylic acids is 3. The van der Waals surface area contributed by atoms with Crippen LogP contribution in [-0.2, 0) is 23.9 Å². The number of ether oxygens (including phenoxy) is 2. The molecule has 4 saturated carbocycles. The van der Waals surface area contributed by atoms with Crippen molar-refractivity contribution in [1.29, 1.82) is 0 Å². The molecule has 0 N–H and O–H groups in total. The molecule has 7 heteroatoms. The monoisotopic (exact) mass is 400 g/mol. The maximum atomic E-state index is 14.1. The third kappa shape index (κ3) is 3.11. The van der Waals surface area contributed by atoms with E-state index in [0.717, 1.165) is 32.1 Å². The highest BCUT2D eigenvalue weighted by Crippen LogP contribution is 2.66. The number of nitrogens with zero attached hydrogens (tertiary/aromatic N) is 2. The normalized spacial score (nSPS) is 33.1. The molecule has 156 valence electrons. The van der Waals surface area contributed by atoms with Crippen molar-refractivity contribution in [2.75, 3.05) is 19.1 Å². The van der Waals surface area contributed by atoms with Crippen LogP contribution in [0.5, 0.6) is 0 Å². The molecule has 3 atom stereocenters. The number of esters is 2. The van der Waals surface area contributed by atoms with Crippen molar-refractivity contribution in [3.63, 3.8) is 0 Å². The fraction of sp³-hybridized carbons (Fsp3) is 0.636. The lowest BCUT2D eigenvalue weighted by Crippen LogP contribution is -2.62. The topological polar surface area (TPSA) is 85.8 Å². The highest BCUT2D eigenvalue weighted by Gasteiger charge is 2.64. The summed E-state index contributed by atoms with van der Waals surface area (Å²) in [6.45, 7) is 1.68. The van der Waals surface area contributed by atoms with Gasteiger partial charge in [-0.15, -0.1) is 0 Å².